The summed E-state index contributed by atoms with van der Waals surface area (Å²) in [5.74, 6) is -2.60. The summed E-state index contributed by atoms with van der Waals surface area (Å²) >= 11 is 0. The molecule has 7 nitrogen and oxygen atoms in total. The molecule has 0 radical (unpaired) electrons. The monoisotopic (exact) mass is 453 g/mol. The maximum atomic E-state index is 14.5. The van der Waals surface area contributed by atoms with Crippen molar-refractivity contribution in [3.63, 3.8) is 0 Å². The van der Waals surface area contributed by atoms with Crippen molar-refractivity contribution in [3.8, 4) is 22.6 Å². The van der Waals surface area contributed by atoms with Gasteiger partial charge in [0, 0.05) is 6.20 Å². The number of benzene rings is 2. The van der Waals surface area contributed by atoms with E-state index in [1.807, 2.05) is 0 Å². The average molecular weight is 453 g/mol. The number of esters is 1. The standard InChI is InChI=1S/C20H14F3NO6S/c1-28-20(25)19-10-12(6-7-24-19)13-8-17(21)16(18(22)9-13)11-29-14-2-4-15(5-3-14)30-31(23,26)27/h2-10H,11H2,1H3. The largest absolute Gasteiger partial charge is 0.489 e. The lowest BCUT2D eigenvalue weighted by Crippen LogP contribution is -2.05. The van der Waals surface area contributed by atoms with E-state index < -0.39 is 34.7 Å². The van der Waals surface area contributed by atoms with Crippen LogP contribution in [0.2, 0.25) is 0 Å². The molecule has 0 fully saturated rings. The normalized spacial score (nSPS) is 11.1. The highest BCUT2D eigenvalue weighted by Crippen LogP contribution is 2.26. The molecule has 0 amide bonds. The topological polar surface area (TPSA) is 91.8 Å². The second-order valence-electron chi connectivity index (χ2n) is 6.08. The van der Waals surface area contributed by atoms with Crippen LogP contribution in [-0.2, 0) is 21.8 Å². The molecule has 31 heavy (non-hydrogen) atoms. The van der Waals surface area contributed by atoms with Gasteiger partial charge in [-0.3, -0.25) is 0 Å². The number of aromatic nitrogens is 1. The molecule has 1 aromatic heterocycles. The quantitative estimate of drug-likeness (QED) is 0.395. The lowest BCUT2D eigenvalue weighted by atomic mass is 10.0. The number of carbonyl (C=O) groups excluding carboxylic acids is 1. The van der Waals surface area contributed by atoms with Crippen LogP contribution in [0, 0.1) is 11.6 Å². The third-order valence-electron chi connectivity index (χ3n) is 4.03. The number of carbonyl (C=O) groups is 1. The van der Waals surface area contributed by atoms with Crippen LogP contribution in [0.5, 0.6) is 11.5 Å². The minimum atomic E-state index is -5.16. The highest BCUT2D eigenvalue weighted by molar-refractivity contribution is 7.81. The van der Waals surface area contributed by atoms with Crippen molar-refractivity contribution in [2.75, 3.05) is 7.11 Å². The van der Waals surface area contributed by atoms with Crippen LogP contribution in [0.3, 0.4) is 0 Å². The first-order chi connectivity index (χ1) is 14.7. The molecule has 0 aliphatic heterocycles. The Morgan fingerprint density at radius 1 is 0.968 bits per heavy atom. The van der Waals surface area contributed by atoms with Gasteiger partial charge in [0.15, 0.2) is 0 Å². The number of rotatable bonds is 7. The zero-order valence-electron chi connectivity index (χ0n) is 15.8. The third-order valence-corrected chi connectivity index (χ3v) is 4.42. The molecule has 0 bridgehead atoms. The van der Waals surface area contributed by atoms with Crippen LogP contribution < -0.4 is 8.92 Å². The summed E-state index contributed by atoms with van der Waals surface area (Å²) in [6.07, 6.45) is 1.32. The molecular formula is C20H14F3NO6S. The fraction of sp³-hybridized carbons (Fsp3) is 0.100. The lowest BCUT2D eigenvalue weighted by molar-refractivity contribution is 0.0594. The number of pyridine rings is 1. The van der Waals surface area contributed by atoms with Crippen molar-refractivity contribution in [2.24, 2.45) is 0 Å². The molecule has 0 N–H and O–H groups in total. The van der Waals surface area contributed by atoms with E-state index in [2.05, 4.69) is 13.9 Å². The zero-order valence-corrected chi connectivity index (χ0v) is 16.7. The maximum absolute atomic E-state index is 14.5. The Balaban J connectivity index is 1.76. The Labute approximate surface area is 175 Å². The molecule has 0 aliphatic rings. The number of ether oxygens (including phenoxy) is 2. The first-order valence-corrected chi connectivity index (χ1v) is 9.87. The van der Waals surface area contributed by atoms with Gasteiger partial charge in [-0.2, -0.15) is 8.42 Å². The van der Waals surface area contributed by atoms with E-state index in [0.29, 0.717) is 5.56 Å². The molecule has 0 aliphatic carbocycles. The molecule has 0 saturated carbocycles. The van der Waals surface area contributed by atoms with Crippen molar-refractivity contribution in [2.45, 2.75) is 6.61 Å². The van der Waals surface area contributed by atoms with Crippen molar-refractivity contribution < 1.29 is 39.5 Å². The van der Waals surface area contributed by atoms with Gasteiger partial charge in [0.05, 0.1) is 12.7 Å². The van der Waals surface area contributed by atoms with Gasteiger partial charge in [-0.15, -0.1) is 0 Å². The van der Waals surface area contributed by atoms with Gasteiger partial charge in [0.2, 0.25) is 0 Å². The summed E-state index contributed by atoms with van der Waals surface area (Å²) in [4.78, 5) is 15.4. The molecule has 3 aromatic rings. The van der Waals surface area contributed by atoms with E-state index in [0.717, 1.165) is 24.3 Å². The predicted molar refractivity (Wildman–Crippen MR) is 102 cm³/mol. The van der Waals surface area contributed by atoms with Gasteiger partial charge in [0.1, 0.15) is 35.4 Å². The summed E-state index contributed by atoms with van der Waals surface area (Å²) in [6, 6.07) is 9.72. The van der Waals surface area contributed by atoms with Gasteiger partial charge in [0.25, 0.3) is 0 Å². The Bertz CT molecular complexity index is 1190. The van der Waals surface area contributed by atoms with Gasteiger partial charge >= 0.3 is 16.5 Å². The van der Waals surface area contributed by atoms with E-state index in [1.165, 1.54) is 37.6 Å². The molecule has 0 spiro atoms. The predicted octanol–water partition coefficient (Wildman–Crippen LogP) is 3.99. The van der Waals surface area contributed by atoms with Crippen LogP contribution in [-0.4, -0.2) is 26.5 Å². The zero-order chi connectivity index (χ0) is 22.6. The van der Waals surface area contributed by atoms with E-state index in [4.69, 9.17) is 4.74 Å². The van der Waals surface area contributed by atoms with E-state index in [1.54, 1.807) is 0 Å². The highest BCUT2D eigenvalue weighted by Gasteiger charge is 2.15. The minimum Gasteiger partial charge on any atom is -0.489 e. The van der Waals surface area contributed by atoms with Crippen molar-refractivity contribution >= 4 is 16.5 Å². The fourth-order valence-electron chi connectivity index (χ4n) is 2.60. The van der Waals surface area contributed by atoms with Crippen LogP contribution >= 0.6 is 0 Å². The van der Waals surface area contributed by atoms with Crippen LogP contribution in [0.4, 0.5) is 12.7 Å². The Morgan fingerprint density at radius 2 is 1.58 bits per heavy atom. The molecule has 2 aromatic carbocycles. The minimum absolute atomic E-state index is 0.0128. The Hall–Kier alpha value is -3.60. The Morgan fingerprint density at radius 3 is 2.16 bits per heavy atom. The molecular weight excluding hydrogens is 439 g/mol. The molecule has 0 atom stereocenters. The summed E-state index contributed by atoms with van der Waals surface area (Å²) in [5, 5.41) is 0. The molecule has 1 heterocycles. The number of hydrogen-bond acceptors (Lipinski definition) is 7. The van der Waals surface area contributed by atoms with E-state index >= 15 is 0 Å². The first-order valence-electron chi connectivity index (χ1n) is 8.56. The number of nitrogens with zero attached hydrogens (tertiary/aromatic N) is 1. The third kappa shape index (κ3) is 5.72. The first kappa shape index (κ1) is 22.1. The molecule has 11 heteroatoms. The molecule has 0 saturated heterocycles. The molecule has 0 unspecified atom stereocenters. The number of methoxy groups -OCH3 is 1. The van der Waals surface area contributed by atoms with Crippen LogP contribution in [0.15, 0.2) is 54.7 Å². The SMILES string of the molecule is COC(=O)c1cc(-c2cc(F)c(COc3ccc(OS(=O)(=O)F)cc3)c(F)c2)ccn1. The molecule has 162 valence electrons. The van der Waals surface area contributed by atoms with Crippen molar-refractivity contribution in [1.29, 1.82) is 0 Å². The number of hydrogen-bond donors (Lipinski definition) is 0. The molecule has 3 rings (SSSR count). The second-order valence-corrected chi connectivity index (χ2v) is 7.03. The number of halogens is 3. The van der Waals surface area contributed by atoms with Gasteiger partial charge < -0.3 is 13.7 Å². The summed E-state index contributed by atoms with van der Waals surface area (Å²) in [5.41, 5.74) is 0.179. The summed E-state index contributed by atoms with van der Waals surface area (Å²) < 4.78 is 76.3. The van der Waals surface area contributed by atoms with Gasteiger partial charge in [-0.05, 0) is 59.7 Å². The van der Waals surface area contributed by atoms with Crippen molar-refractivity contribution in [3.05, 3.63) is 77.6 Å². The highest BCUT2D eigenvalue weighted by atomic mass is 32.3. The van der Waals surface area contributed by atoms with E-state index in [-0.39, 0.29) is 28.3 Å². The van der Waals surface area contributed by atoms with Gasteiger partial charge in [-0.1, -0.05) is 3.89 Å². The van der Waals surface area contributed by atoms with Crippen LogP contribution in [0.25, 0.3) is 11.1 Å². The lowest BCUT2D eigenvalue weighted by Gasteiger charge is -2.11. The maximum Gasteiger partial charge on any atom is 0.488 e. The van der Waals surface area contributed by atoms with Crippen molar-refractivity contribution in [1.82, 2.24) is 4.98 Å². The fourth-order valence-corrected chi connectivity index (χ4v) is 2.94. The smallest absolute Gasteiger partial charge is 0.488 e. The Kier molecular flexibility index (Phi) is 6.44. The van der Waals surface area contributed by atoms with Gasteiger partial charge in [-0.25, -0.2) is 18.6 Å². The summed E-state index contributed by atoms with van der Waals surface area (Å²) in [7, 11) is -3.97. The van der Waals surface area contributed by atoms with Crippen LogP contribution in [0.1, 0.15) is 16.1 Å². The summed E-state index contributed by atoms with van der Waals surface area (Å²) in [6.45, 7) is -0.469. The second kappa shape index (κ2) is 9.04. The van der Waals surface area contributed by atoms with E-state index in [9.17, 15) is 25.9 Å². The average Bonchev–Trinajstić information content (AvgIpc) is 2.72.